The molecule has 1 N–H and O–H groups in total. The molecule has 0 atom stereocenters. The van der Waals surface area contributed by atoms with E-state index in [4.69, 9.17) is 11.6 Å². The van der Waals surface area contributed by atoms with Crippen LogP contribution in [0.2, 0.25) is 5.02 Å². The van der Waals surface area contributed by atoms with Gasteiger partial charge in [-0.25, -0.2) is 4.39 Å². The molecule has 1 aromatic rings. The Kier molecular flexibility index (Phi) is 4.11. The lowest BCUT2D eigenvalue weighted by Gasteiger charge is -2.06. The van der Waals surface area contributed by atoms with E-state index in [9.17, 15) is 4.39 Å². The molecular formula is C11H13ClFN. The molecule has 0 radical (unpaired) electrons. The maximum absolute atomic E-state index is 12.7. The Bertz CT molecular complexity index is 336. The van der Waals surface area contributed by atoms with E-state index in [-0.39, 0.29) is 5.82 Å². The molecule has 0 spiro atoms. The second-order valence-corrected chi connectivity index (χ2v) is 3.70. The molecule has 0 fully saturated rings. The SMILES string of the molecule is C=C(C)CNCc1ccc(F)cc1Cl. The van der Waals surface area contributed by atoms with Gasteiger partial charge in [0.05, 0.1) is 0 Å². The molecule has 0 aliphatic heterocycles. The van der Waals surface area contributed by atoms with Crippen LogP contribution in [0.25, 0.3) is 0 Å². The Morgan fingerprint density at radius 1 is 1.57 bits per heavy atom. The minimum Gasteiger partial charge on any atom is -0.309 e. The van der Waals surface area contributed by atoms with Crippen molar-refractivity contribution in [2.45, 2.75) is 13.5 Å². The minimum absolute atomic E-state index is 0.307. The summed E-state index contributed by atoms with van der Waals surface area (Å²) in [7, 11) is 0. The van der Waals surface area contributed by atoms with Crippen LogP contribution in [0.4, 0.5) is 4.39 Å². The van der Waals surface area contributed by atoms with E-state index in [2.05, 4.69) is 11.9 Å². The summed E-state index contributed by atoms with van der Waals surface area (Å²) in [5, 5.41) is 3.61. The van der Waals surface area contributed by atoms with E-state index in [1.165, 1.54) is 12.1 Å². The van der Waals surface area contributed by atoms with Crippen molar-refractivity contribution < 1.29 is 4.39 Å². The molecule has 3 heteroatoms. The molecule has 0 amide bonds. The van der Waals surface area contributed by atoms with Crippen molar-refractivity contribution in [2.75, 3.05) is 6.54 Å². The first-order valence-electron chi connectivity index (χ1n) is 4.38. The maximum atomic E-state index is 12.7. The van der Waals surface area contributed by atoms with E-state index in [0.29, 0.717) is 11.6 Å². The van der Waals surface area contributed by atoms with Crippen LogP contribution in [-0.2, 0) is 6.54 Å². The van der Waals surface area contributed by atoms with Gasteiger partial charge in [-0.15, -0.1) is 0 Å². The molecule has 1 nitrogen and oxygen atoms in total. The molecule has 1 aromatic carbocycles. The highest BCUT2D eigenvalue weighted by molar-refractivity contribution is 6.31. The van der Waals surface area contributed by atoms with Crippen molar-refractivity contribution in [3.63, 3.8) is 0 Å². The Morgan fingerprint density at radius 2 is 2.29 bits per heavy atom. The molecule has 0 saturated heterocycles. The van der Waals surface area contributed by atoms with Crippen LogP contribution in [-0.4, -0.2) is 6.54 Å². The molecular weight excluding hydrogens is 201 g/mol. The number of benzene rings is 1. The predicted octanol–water partition coefficient (Wildman–Crippen LogP) is 3.14. The summed E-state index contributed by atoms with van der Waals surface area (Å²) in [5.41, 5.74) is 1.96. The van der Waals surface area contributed by atoms with Crippen LogP contribution < -0.4 is 5.32 Å². The van der Waals surface area contributed by atoms with Crippen LogP contribution >= 0.6 is 11.6 Å². The highest BCUT2D eigenvalue weighted by atomic mass is 35.5. The zero-order valence-electron chi connectivity index (χ0n) is 8.11. The maximum Gasteiger partial charge on any atom is 0.124 e. The summed E-state index contributed by atoms with van der Waals surface area (Å²) in [6.07, 6.45) is 0. The topological polar surface area (TPSA) is 12.0 Å². The van der Waals surface area contributed by atoms with Gasteiger partial charge in [-0.3, -0.25) is 0 Å². The molecule has 0 heterocycles. The Hall–Kier alpha value is -0.860. The van der Waals surface area contributed by atoms with Gasteiger partial charge >= 0.3 is 0 Å². The van der Waals surface area contributed by atoms with Gasteiger partial charge in [0.1, 0.15) is 5.82 Å². The third-order valence-electron chi connectivity index (χ3n) is 1.76. The lowest BCUT2D eigenvalue weighted by molar-refractivity contribution is 0.626. The van der Waals surface area contributed by atoms with Crippen molar-refractivity contribution in [3.8, 4) is 0 Å². The highest BCUT2D eigenvalue weighted by Gasteiger charge is 2.00. The van der Waals surface area contributed by atoms with Crippen LogP contribution in [0.15, 0.2) is 30.4 Å². The molecule has 14 heavy (non-hydrogen) atoms. The average molecular weight is 214 g/mol. The first-order chi connectivity index (χ1) is 6.59. The zero-order valence-corrected chi connectivity index (χ0v) is 8.87. The molecule has 1 rings (SSSR count). The van der Waals surface area contributed by atoms with Gasteiger partial charge in [0, 0.05) is 18.1 Å². The minimum atomic E-state index is -0.307. The number of hydrogen-bond acceptors (Lipinski definition) is 1. The second-order valence-electron chi connectivity index (χ2n) is 3.30. The van der Waals surface area contributed by atoms with E-state index >= 15 is 0 Å². The first-order valence-corrected chi connectivity index (χ1v) is 4.76. The third-order valence-corrected chi connectivity index (χ3v) is 2.11. The zero-order chi connectivity index (χ0) is 10.6. The highest BCUT2D eigenvalue weighted by Crippen LogP contribution is 2.16. The molecule has 0 aromatic heterocycles. The second kappa shape index (κ2) is 5.13. The van der Waals surface area contributed by atoms with Crippen LogP contribution in [0.1, 0.15) is 12.5 Å². The van der Waals surface area contributed by atoms with Crippen LogP contribution in [0.5, 0.6) is 0 Å². The standard InChI is InChI=1S/C11H13ClFN/c1-8(2)6-14-7-9-3-4-10(13)5-11(9)12/h3-5,14H,1,6-7H2,2H3. The van der Waals surface area contributed by atoms with Crippen molar-refractivity contribution in [3.05, 3.63) is 46.8 Å². The molecule has 0 bridgehead atoms. The number of halogens is 2. The summed E-state index contributed by atoms with van der Waals surface area (Å²) in [6, 6.07) is 4.41. The summed E-state index contributed by atoms with van der Waals surface area (Å²) in [4.78, 5) is 0. The fourth-order valence-corrected chi connectivity index (χ4v) is 1.31. The lowest BCUT2D eigenvalue weighted by Crippen LogP contribution is -2.15. The van der Waals surface area contributed by atoms with Crippen LogP contribution in [0.3, 0.4) is 0 Å². The van der Waals surface area contributed by atoms with Crippen LogP contribution in [0, 0.1) is 5.82 Å². The first kappa shape index (κ1) is 11.2. The molecule has 76 valence electrons. The number of hydrogen-bond donors (Lipinski definition) is 1. The lowest BCUT2D eigenvalue weighted by atomic mass is 10.2. The molecule has 0 aliphatic carbocycles. The fraction of sp³-hybridized carbons (Fsp3) is 0.273. The molecule has 0 aliphatic rings. The van der Waals surface area contributed by atoms with Gasteiger partial charge in [-0.05, 0) is 24.6 Å². The Labute approximate surface area is 88.6 Å². The van der Waals surface area contributed by atoms with Crippen molar-refractivity contribution in [1.29, 1.82) is 0 Å². The smallest absolute Gasteiger partial charge is 0.124 e. The van der Waals surface area contributed by atoms with Crippen molar-refractivity contribution in [1.82, 2.24) is 5.32 Å². The largest absolute Gasteiger partial charge is 0.309 e. The van der Waals surface area contributed by atoms with E-state index < -0.39 is 0 Å². The molecule has 0 saturated carbocycles. The molecule has 0 unspecified atom stereocenters. The Morgan fingerprint density at radius 3 is 2.86 bits per heavy atom. The third kappa shape index (κ3) is 3.48. The Balaban J connectivity index is 2.55. The average Bonchev–Trinajstić information content (AvgIpc) is 2.08. The van der Waals surface area contributed by atoms with Gasteiger partial charge < -0.3 is 5.32 Å². The van der Waals surface area contributed by atoms with Gasteiger partial charge in [-0.2, -0.15) is 0 Å². The quantitative estimate of drug-likeness (QED) is 0.758. The number of rotatable bonds is 4. The summed E-state index contributed by atoms with van der Waals surface area (Å²) >= 11 is 5.84. The van der Waals surface area contributed by atoms with Crippen molar-refractivity contribution >= 4 is 11.6 Å². The predicted molar refractivity (Wildman–Crippen MR) is 57.9 cm³/mol. The summed E-state index contributed by atoms with van der Waals surface area (Å²) in [6.45, 7) is 7.09. The number of nitrogens with one attached hydrogen (secondary N) is 1. The fourth-order valence-electron chi connectivity index (χ4n) is 1.08. The van der Waals surface area contributed by atoms with E-state index in [0.717, 1.165) is 17.7 Å². The van der Waals surface area contributed by atoms with Gasteiger partial charge in [0.25, 0.3) is 0 Å². The van der Waals surface area contributed by atoms with Crippen molar-refractivity contribution in [2.24, 2.45) is 0 Å². The van der Waals surface area contributed by atoms with E-state index in [1.807, 2.05) is 6.92 Å². The van der Waals surface area contributed by atoms with Gasteiger partial charge in [-0.1, -0.05) is 29.8 Å². The van der Waals surface area contributed by atoms with Gasteiger partial charge in [0.2, 0.25) is 0 Å². The summed E-state index contributed by atoms with van der Waals surface area (Å²) in [5.74, 6) is -0.307. The van der Waals surface area contributed by atoms with Gasteiger partial charge in [0.15, 0.2) is 0 Å². The normalized spacial score (nSPS) is 10.2. The monoisotopic (exact) mass is 213 g/mol. The summed E-state index contributed by atoms with van der Waals surface area (Å²) < 4.78 is 12.7. The van der Waals surface area contributed by atoms with E-state index in [1.54, 1.807) is 6.07 Å².